The van der Waals surface area contributed by atoms with E-state index < -0.39 is 0 Å². The van der Waals surface area contributed by atoms with Crippen molar-refractivity contribution in [3.63, 3.8) is 0 Å². The molecule has 0 unspecified atom stereocenters. The van der Waals surface area contributed by atoms with Gasteiger partial charge >= 0.3 is 0 Å². The quantitative estimate of drug-likeness (QED) is 0.303. The van der Waals surface area contributed by atoms with E-state index in [1.54, 1.807) is 36.5 Å². The second-order valence-electron chi connectivity index (χ2n) is 6.06. The van der Waals surface area contributed by atoms with Gasteiger partial charge in [0.25, 0.3) is 0 Å². The molecule has 2 heterocycles. The molecule has 0 spiro atoms. The maximum atomic E-state index is 12.3. The van der Waals surface area contributed by atoms with Crippen molar-refractivity contribution >= 4 is 47.2 Å². The predicted molar refractivity (Wildman–Crippen MR) is 126 cm³/mol. The Hall–Kier alpha value is -1.75. The number of rotatable bonds is 9. The number of aryl methyl sites for hydroxylation is 1. The van der Waals surface area contributed by atoms with E-state index in [9.17, 15) is 4.79 Å². The van der Waals surface area contributed by atoms with Gasteiger partial charge in [-0.2, -0.15) is 0 Å². The minimum Gasteiger partial charge on any atom is -0.356 e. The first-order valence-electron chi connectivity index (χ1n) is 9.14. The maximum Gasteiger partial charge on any atom is 0.241 e. The summed E-state index contributed by atoms with van der Waals surface area (Å²) >= 11 is 1.74. The highest BCUT2D eigenvalue weighted by Crippen LogP contribution is 2.13. The molecule has 0 radical (unpaired) electrons. The normalized spacial score (nSPS) is 10.9. The zero-order valence-corrected chi connectivity index (χ0v) is 19.8. The number of halogens is 1. The third kappa shape index (κ3) is 8.51. The molecule has 7 nitrogen and oxygen atoms in total. The average Bonchev–Trinajstić information content (AvgIpc) is 3.17. The van der Waals surface area contributed by atoms with Crippen molar-refractivity contribution in [3.05, 3.63) is 46.2 Å². The lowest BCUT2D eigenvalue weighted by Gasteiger charge is -2.18. The molecule has 28 heavy (non-hydrogen) atoms. The number of carbonyl (C=O) groups excluding carboxylic acids is 1. The van der Waals surface area contributed by atoms with Crippen molar-refractivity contribution < 1.29 is 4.79 Å². The number of aliphatic imine (C=N–C) groups is 1. The van der Waals surface area contributed by atoms with Gasteiger partial charge in [-0.3, -0.25) is 14.8 Å². The van der Waals surface area contributed by atoms with E-state index >= 15 is 0 Å². The summed E-state index contributed by atoms with van der Waals surface area (Å²) in [6.45, 7) is 3.69. The first kappa shape index (κ1) is 24.3. The Morgan fingerprint density at radius 2 is 2.07 bits per heavy atom. The summed E-state index contributed by atoms with van der Waals surface area (Å²) in [6, 6.07) is 5.81. The maximum absolute atomic E-state index is 12.3. The molecule has 0 bridgehead atoms. The van der Waals surface area contributed by atoms with Gasteiger partial charge in [-0.05, 0) is 18.6 Å². The number of likely N-dealkylation sites (N-methyl/N-ethyl adjacent to an activating group) is 1. The van der Waals surface area contributed by atoms with Crippen molar-refractivity contribution in [2.45, 2.75) is 26.2 Å². The second kappa shape index (κ2) is 13.4. The number of carbonyl (C=O) groups is 1. The van der Waals surface area contributed by atoms with E-state index in [0.29, 0.717) is 12.5 Å². The fourth-order valence-corrected chi connectivity index (χ4v) is 3.24. The van der Waals surface area contributed by atoms with Crippen molar-refractivity contribution in [2.24, 2.45) is 4.99 Å². The van der Waals surface area contributed by atoms with Crippen LogP contribution in [0.5, 0.6) is 0 Å². The van der Waals surface area contributed by atoms with Crippen LogP contribution in [0.1, 0.15) is 22.5 Å². The van der Waals surface area contributed by atoms with Crippen LogP contribution in [0.2, 0.25) is 0 Å². The molecule has 0 saturated heterocycles. The number of guanidine groups is 1. The molecule has 0 fully saturated rings. The second-order valence-corrected chi connectivity index (χ2v) is 7.26. The van der Waals surface area contributed by atoms with E-state index in [4.69, 9.17) is 0 Å². The molecule has 0 saturated carbocycles. The van der Waals surface area contributed by atoms with E-state index in [1.165, 1.54) is 4.88 Å². The van der Waals surface area contributed by atoms with E-state index in [0.717, 1.165) is 36.5 Å². The highest BCUT2D eigenvalue weighted by molar-refractivity contribution is 14.0. The largest absolute Gasteiger partial charge is 0.356 e. The van der Waals surface area contributed by atoms with Crippen molar-refractivity contribution in [3.8, 4) is 0 Å². The molecule has 2 aromatic heterocycles. The zero-order chi connectivity index (χ0) is 19.5. The molecule has 2 N–H and O–H groups in total. The highest BCUT2D eigenvalue weighted by atomic mass is 127. The molecule has 0 aliphatic carbocycles. The minimum atomic E-state index is 0. The average molecular weight is 516 g/mol. The number of nitrogens with zero attached hydrogens (tertiary/aromatic N) is 4. The molecule has 2 rings (SSSR count). The van der Waals surface area contributed by atoms with Gasteiger partial charge in [-0.15, -0.1) is 35.3 Å². The summed E-state index contributed by atoms with van der Waals surface area (Å²) < 4.78 is 0. The highest BCUT2D eigenvalue weighted by Gasteiger charge is 2.10. The van der Waals surface area contributed by atoms with Crippen LogP contribution in [0.4, 0.5) is 0 Å². The molecular formula is C19H29IN6OS. The third-order valence-corrected chi connectivity index (χ3v) is 5.27. The summed E-state index contributed by atoms with van der Waals surface area (Å²) in [4.78, 5) is 28.1. The number of nitrogens with one attached hydrogen (secondary N) is 2. The Morgan fingerprint density at radius 3 is 2.71 bits per heavy atom. The molecule has 0 atom stereocenters. The summed E-state index contributed by atoms with van der Waals surface area (Å²) in [5.74, 6) is 0.634. The van der Waals surface area contributed by atoms with Crippen molar-refractivity contribution in [1.29, 1.82) is 0 Å². The topological polar surface area (TPSA) is 82.5 Å². The van der Waals surface area contributed by atoms with Gasteiger partial charge in [0.15, 0.2) is 5.96 Å². The number of pyridine rings is 1. The minimum absolute atomic E-state index is 0. The Bertz CT molecular complexity index is 737. The number of hydrogen-bond donors (Lipinski definition) is 2. The summed E-state index contributed by atoms with van der Waals surface area (Å²) in [5, 5.41) is 7.40. The molecule has 154 valence electrons. The summed E-state index contributed by atoms with van der Waals surface area (Å²) in [7, 11) is 3.50. The lowest BCUT2D eigenvalue weighted by atomic mass is 10.2. The fourth-order valence-electron chi connectivity index (χ4n) is 2.38. The molecular weight excluding hydrogens is 487 g/mol. The van der Waals surface area contributed by atoms with E-state index in [-0.39, 0.29) is 36.4 Å². The van der Waals surface area contributed by atoms with Crippen LogP contribution in [0.15, 0.2) is 35.6 Å². The van der Waals surface area contributed by atoms with Crippen LogP contribution in [0, 0.1) is 0 Å². The van der Waals surface area contributed by atoms with Crippen molar-refractivity contribution in [2.75, 3.05) is 33.7 Å². The molecule has 0 aliphatic rings. The Balaban J connectivity index is 0.00000392. The van der Waals surface area contributed by atoms with Crippen LogP contribution in [0.3, 0.4) is 0 Å². The smallest absolute Gasteiger partial charge is 0.241 e. The van der Waals surface area contributed by atoms with E-state index in [2.05, 4.69) is 32.5 Å². The number of aromatic nitrogens is 2. The summed E-state index contributed by atoms with van der Waals surface area (Å²) in [6.07, 6.45) is 6.30. The van der Waals surface area contributed by atoms with Crippen LogP contribution < -0.4 is 10.6 Å². The SMILES string of the molecule is CCc1cnc(CCNC(=NC)NCC(=O)N(C)CCc2ccccn2)s1.I. The number of amides is 1. The van der Waals surface area contributed by atoms with Gasteiger partial charge in [-0.25, -0.2) is 4.98 Å². The van der Waals surface area contributed by atoms with Crippen molar-refractivity contribution in [1.82, 2.24) is 25.5 Å². The molecule has 2 aromatic rings. The first-order chi connectivity index (χ1) is 13.1. The third-order valence-electron chi connectivity index (χ3n) is 4.07. The van der Waals surface area contributed by atoms with Gasteiger partial charge < -0.3 is 15.5 Å². The molecule has 0 aromatic carbocycles. The van der Waals surface area contributed by atoms with E-state index in [1.807, 2.05) is 24.4 Å². The Morgan fingerprint density at radius 1 is 1.25 bits per heavy atom. The van der Waals surface area contributed by atoms with Crippen LogP contribution in [-0.4, -0.2) is 60.5 Å². The predicted octanol–water partition coefficient (Wildman–Crippen LogP) is 2.13. The first-order valence-corrected chi connectivity index (χ1v) is 9.96. The Labute approximate surface area is 188 Å². The molecule has 0 aliphatic heterocycles. The lowest BCUT2D eigenvalue weighted by Crippen LogP contribution is -2.44. The van der Waals surface area contributed by atoms with Crippen LogP contribution >= 0.6 is 35.3 Å². The molecule has 9 heteroatoms. The lowest BCUT2D eigenvalue weighted by molar-refractivity contribution is -0.128. The Kier molecular flexibility index (Phi) is 11.7. The van der Waals surface area contributed by atoms with Gasteiger partial charge in [0.05, 0.1) is 11.6 Å². The van der Waals surface area contributed by atoms with Crippen LogP contribution in [-0.2, 0) is 24.1 Å². The monoisotopic (exact) mass is 516 g/mol. The number of thiazole rings is 1. The molecule has 1 amide bonds. The zero-order valence-electron chi connectivity index (χ0n) is 16.6. The van der Waals surface area contributed by atoms with Gasteiger partial charge in [0, 0.05) is 63.0 Å². The van der Waals surface area contributed by atoms with Gasteiger partial charge in [0.2, 0.25) is 5.91 Å². The van der Waals surface area contributed by atoms with Crippen LogP contribution in [0.25, 0.3) is 0 Å². The number of hydrogen-bond acceptors (Lipinski definition) is 5. The van der Waals surface area contributed by atoms with Gasteiger partial charge in [0.1, 0.15) is 0 Å². The standard InChI is InChI=1S/C19H28N6OS.HI/c1-4-16-13-23-17(27-16)8-11-22-19(20-2)24-14-18(26)25(3)12-9-15-7-5-6-10-21-15;/h5-7,10,13H,4,8-9,11-12,14H2,1-3H3,(H2,20,22,24);1H. The van der Waals surface area contributed by atoms with Gasteiger partial charge in [-0.1, -0.05) is 13.0 Å². The fraction of sp³-hybridized carbons (Fsp3) is 0.474. The summed E-state index contributed by atoms with van der Waals surface area (Å²) in [5.41, 5.74) is 0.982.